The molecule has 0 spiro atoms. The Balaban J connectivity index is 1.78. The highest BCUT2D eigenvalue weighted by atomic mass is 16.5. The van der Waals surface area contributed by atoms with Crippen molar-refractivity contribution in [2.24, 2.45) is 0 Å². The molecule has 1 amide bonds. The fourth-order valence-electron chi connectivity index (χ4n) is 2.53. The Kier molecular flexibility index (Phi) is 4.48. The highest BCUT2D eigenvalue weighted by Gasteiger charge is 2.11. The zero-order chi connectivity index (χ0) is 16.9. The first-order valence-corrected chi connectivity index (χ1v) is 7.53. The van der Waals surface area contributed by atoms with E-state index in [1.807, 2.05) is 28.8 Å². The molecule has 0 aliphatic rings. The number of rotatable bonds is 5. The number of methoxy groups -OCH3 is 1. The number of amides is 1. The van der Waals surface area contributed by atoms with E-state index in [4.69, 9.17) is 11.2 Å². The summed E-state index contributed by atoms with van der Waals surface area (Å²) in [6.07, 6.45) is 5.46. The van der Waals surface area contributed by atoms with Crippen LogP contribution in [0.1, 0.15) is 16.2 Å². The normalized spacial score (nSPS) is 10.3. The van der Waals surface area contributed by atoms with Gasteiger partial charge in [-0.2, -0.15) is 0 Å². The number of ether oxygens (including phenoxy) is 1. The summed E-state index contributed by atoms with van der Waals surface area (Å²) in [6, 6.07) is 14.7. The Morgan fingerprint density at radius 3 is 2.71 bits per heavy atom. The van der Waals surface area contributed by atoms with Crippen LogP contribution < -0.4 is 10.1 Å². The molecule has 120 valence electrons. The van der Waals surface area contributed by atoms with Crippen molar-refractivity contribution in [3.8, 4) is 18.1 Å². The van der Waals surface area contributed by atoms with Crippen molar-refractivity contribution >= 4 is 16.9 Å². The first-order valence-electron chi connectivity index (χ1n) is 7.53. The predicted octanol–water partition coefficient (Wildman–Crippen LogP) is 2.61. The lowest BCUT2D eigenvalue weighted by Gasteiger charge is -2.08. The molecule has 24 heavy (non-hydrogen) atoms. The van der Waals surface area contributed by atoms with Crippen LogP contribution in [0, 0.1) is 12.3 Å². The van der Waals surface area contributed by atoms with Gasteiger partial charge in [0, 0.05) is 5.56 Å². The fraction of sp³-hybridized carbons (Fsp3) is 0.158. The number of carbonyl (C=O) groups is 1. The minimum Gasteiger partial charge on any atom is -0.497 e. The second-order valence-corrected chi connectivity index (χ2v) is 5.22. The van der Waals surface area contributed by atoms with Gasteiger partial charge >= 0.3 is 0 Å². The lowest BCUT2D eigenvalue weighted by atomic mass is 10.2. The van der Waals surface area contributed by atoms with Crippen molar-refractivity contribution in [1.82, 2.24) is 14.9 Å². The van der Waals surface area contributed by atoms with Crippen molar-refractivity contribution in [3.63, 3.8) is 0 Å². The molecular formula is C19H17N3O2. The van der Waals surface area contributed by atoms with E-state index in [2.05, 4.69) is 16.2 Å². The first kappa shape index (κ1) is 15.6. The second-order valence-electron chi connectivity index (χ2n) is 5.22. The zero-order valence-electron chi connectivity index (χ0n) is 13.3. The molecular weight excluding hydrogens is 302 g/mol. The molecule has 2 aromatic carbocycles. The lowest BCUT2D eigenvalue weighted by Crippen LogP contribution is -2.24. The van der Waals surface area contributed by atoms with Crippen LogP contribution in [0.2, 0.25) is 0 Å². The van der Waals surface area contributed by atoms with Crippen LogP contribution in [0.3, 0.4) is 0 Å². The number of hydrogen-bond donors (Lipinski definition) is 1. The van der Waals surface area contributed by atoms with Crippen molar-refractivity contribution < 1.29 is 9.53 Å². The minimum atomic E-state index is -0.169. The second kappa shape index (κ2) is 6.88. The maximum atomic E-state index is 12.3. The third-order valence-corrected chi connectivity index (χ3v) is 3.74. The summed E-state index contributed by atoms with van der Waals surface area (Å²) in [5.74, 6) is 3.90. The summed E-state index contributed by atoms with van der Waals surface area (Å²) in [7, 11) is 1.59. The van der Waals surface area contributed by atoms with Gasteiger partial charge in [-0.05, 0) is 36.4 Å². The van der Waals surface area contributed by atoms with Crippen LogP contribution in [0.5, 0.6) is 5.75 Å². The van der Waals surface area contributed by atoms with Gasteiger partial charge in [-0.15, -0.1) is 6.42 Å². The molecule has 0 fully saturated rings. The number of hydrogen-bond acceptors (Lipinski definition) is 3. The van der Waals surface area contributed by atoms with Crippen LogP contribution in [-0.2, 0) is 13.1 Å². The maximum Gasteiger partial charge on any atom is 0.251 e. The molecule has 0 radical (unpaired) electrons. The topological polar surface area (TPSA) is 56.2 Å². The first-order chi connectivity index (χ1) is 11.7. The largest absolute Gasteiger partial charge is 0.497 e. The standard InChI is InChI=1S/C19H17N3O2/c1-3-12-22-17-7-5-4-6-16(17)21-18(22)13-20-19(23)14-8-10-15(24-2)11-9-14/h1,4-11H,12-13H2,2H3,(H,20,23). The average Bonchev–Trinajstić information content (AvgIpc) is 2.98. The van der Waals surface area contributed by atoms with Crippen LogP contribution >= 0.6 is 0 Å². The third-order valence-electron chi connectivity index (χ3n) is 3.74. The van der Waals surface area contributed by atoms with Crippen LogP contribution in [0.15, 0.2) is 48.5 Å². The quantitative estimate of drug-likeness (QED) is 0.736. The van der Waals surface area contributed by atoms with Gasteiger partial charge < -0.3 is 14.6 Å². The molecule has 0 bridgehead atoms. The van der Waals surface area contributed by atoms with Crippen LogP contribution in [0.4, 0.5) is 0 Å². The van der Waals surface area contributed by atoms with Crippen molar-refractivity contribution in [2.75, 3.05) is 7.11 Å². The number of fused-ring (bicyclic) bond motifs is 1. The molecule has 0 unspecified atom stereocenters. The number of aromatic nitrogens is 2. The molecule has 0 atom stereocenters. The molecule has 1 N–H and O–H groups in total. The van der Waals surface area contributed by atoms with E-state index in [1.54, 1.807) is 31.4 Å². The molecule has 3 rings (SSSR count). The average molecular weight is 319 g/mol. The fourth-order valence-corrected chi connectivity index (χ4v) is 2.53. The van der Waals surface area contributed by atoms with Gasteiger partial charge in [0.2, 0.25) is 0 Å². The van der Waals surface area contributed by atoms with E-state index < -0.39 is 0 Å². The van der Waals surface area contributed by atoms with Crippen molar-refractivity contribution in [1.29, 1.82) is 0 Å². The number of nitrogens with zero attached hydrogens (tertiary/aromatic N) is 2. The Labute approximate surface area is 140 Å². The van der Waals surface area contributed by atoms with Gasteiger partial charge in [-0.25, -0.2) is 4.98 Å². The lowest BCUT2D eigenvalue weighted by molar-refractivity contribution is 0.0949. The minimum absolute atomic E-state index is 0.169. The third kappa shape index (κ3) is 3.08. The summed E-state index contributed by atoms with van der Waals surface area (Å²) >= 11 is 0. The van der Waals surface area contributed by atoms with E-state index in [-0.39, 0.29) is 5.91 Å². The summed E-state index contributed by atoms with van der Waals surface area (Å²) < 4.78 is 7.02. The van der Waals surface area contributed by atoms with Crippen LogP contribution in [0.25, 0.3) is 11.0 Å². The molecule has 0 aliphatic carbocycles. The maximum absolute atomic E-state index is 12.3. The molecule has 3 aromatic rings. The number of benzene rings is 2. The number of para-hydroxylation sites is 2. The molecule has 0 aliphatic heterocycles. The Bertz CT molecular complexity index is 905. The van der Waals surface area contributed by atoms with Gasteiger partial charge in [0.1, 0.15) is 11.6 Å². The highest BCUT2D eigenvalue weighted by Crippen LogP contribution is 2.16. The monoisotopic (exact) mass is 319 g/mol. The van der Waals surface area contributed by atoms with Crippen molar-refractivity contribution in [2.45, 2.75) is 13.1 Å². The summed E-state index contributed by atoms with van der Waals surface area (Å²) in [5, 5.41) is 2.88. The van der Waals surface area contributed by atoms with Crippen molar-refractivity contribution in [3.05, 3.63) is 59.9 Å². The molecule has 0 saturated heterocycles. The number of nitrogens with one attached hydrogen (secondary N) is 1. The predicted molar refractivity (Wildman–Crippen MR) is 92.7 cm³/mol. The smallest absolute Gasteiger partial charge is 0.251 e. The summed E-state index contributed by atoms with van der Waals surface area (Å²) in [4.78, 5) is 16.8. The summed E-state index contributed by atoms with van der Waals surface area (Å²) in [6.45, 7) is 0.718. The SMILES string of the molecule is C#CCn1c(CNC(=O)c2ccc(OC)cc2)nc2ccccc21. The number of terminal acetylenes is 1. The van der Waals surface area contributed by atoms with E-state index in [9.17, 15) is 4.79 Å². The number of carbonyl (C=O) groups excluding carboxylic acids is 1. The Hall–Kier alpha value is -3.26. The van der Waals surface area contributed by atoms with E-state index in [0.717, 1.165) is 16.9 Å². The van der Waals surface area contributed by atoms with Gasteiger partial charge in [0.05, 0.1) is 31.2 Å². The Morgan fingerprint density at radius 2 is 2.00 bits per heavy atom. The van der Waals surface area contributed by atoms with Gasteiger partial charge in [0.25, 0.3) is 5.91 Å². The molecule has 5 nitrogen and oxygen atoms in total. The zero-order valence-corrected chi connectivity index (χ0v) is 13.3. The highest BCUT2D eigenvalue weighted by molar-refractivity contribution is 5.94. The summed E-state index contributed by atoms with van der Waals surface area (Å²) in [5.41, 5.74) is 2.39. The van der Waals surface area contributed by atoms with Gasteiger partial charge in [-0.3, -0.25) is 4.79 Å². The molecule has 0 saturated carbocycles. The van der Waals surface area contributed by atoms with Gasteiger partial charge in [0.15, 0.2) is 0 Å². The number of imidazole rings is 1. The Morgan fingerprint density at radius 1 is 1.25 bits per heavy atom. The van der Waals surface area contributed by atoms with Crippen LogP contribution in [-0.4, -0.2) is 22.6 Å². The molecule has 5 heteroatoms. The van der Waals surface area contributed by atoms with E-state index in [1.165, 1.54) is 0 Å². The molecule has 1 heterocycles. The van der Waals surface area contributed by atoms with Gasteiger partial charge in [-0.1, -0.05) is 18.1 Å². The van der Waals surface area contributed by atoms with E-state index in [0.29, 0.717) is 24.4 Å². The molecule has 1 aromatic heterocycles. The van der Waals surface area contributed by atoms with E-state index >= 15 is 0 Å².